The van der Waals surface area contributed by atoms with Crippen LogP contribution in [-0.4, -0.2) is 48.9 Å². The van der Waals surface area contributed by atoms with Crippen LogP contribution in [0.1, 0.15) is 33.0 Å². The maximum Gasteiger partial charge on any atom is 0.268 e. The van der Waals surface area contributed by atoms with Gasteiger partial charge in [-0.3, -0.25) is 14.6 Å². The molecule has 0 atom stereocenters. The second-order valence-electron chi connectivity index (χ2n) is 8.96. The summed E-state index contributed by atoms with van der Waals surface area (Å²) >= 11 is 6.70. The monoisotopic (exact) mass is 504 g/mol. The van der Waals surface area contributed by atoms with Crippen molar-refractivity contribution in [2.75, 3.05) is 18.0 Å². The lowest BCUT2D eigenvalue weighted by atomic mass is 9.82. The van der Waals surface area contributed by atoms with Crippen LogP contribution in [-0.2, 0) is 12.5 Å². The van der Waals surface area contributed by atoms with E-state index in [1.807, 2.05) is 35.2 Å². The van der Waals surface area contributed by atoms with Gasteiger partial charge < -0.3 is 16.4 Å². The fourth-order valence-corrected chi connectivity index (χ4v) is 5.16. The molecule has 1 amide bonds. The fraction of sp³-hybridized carbons (Fsp3) is 0.240. The average Bonchev–Trinajstić information content (AvgIpc) is 3.54. The molecule has 4 heterocycles. The minimum atomic E-state index is -2.46. The predicted molar refractivity (Wildman–Crippen MR) is 139 cm³/mol. The van der Waals surface area contributed by atoms with Crippen LogP contribution in [0.3, 0.4) is 0 Å². The standard InChI is InChI=1S/C25H24ClN9O/c1-34-17-8-7-15(19(26)16(17)13-29-34)20-18-21(22(27)36)30-24(31-23(18)33-32-20)35-11-9-25(28,10-12-35)14-5-3-2-4-6-14/h2-8,13H,9-12,28H2,1H3,(H2,27,36)(H,30,31,32,33)/i1D3. The van der Waals surface area contributed by atoms with Gasteiger partial charge in [-0.15, -0.1) is 0 Å². The molecule has 1 fully saturated rings. The molecular formula is C25H24ClN9O. The highest BCUT2D eigenvalue weighted by atomic mass is 35.5. The van der Waals surface area contributed by atoms with Crippen molar-refractivity contribution in [1.29, 1.82) is 0 Å². The normalized spacial score (nSPS) is 17.2. The number of fused-ring (bicyclic) bond motifs is 2. The highest BCUT2D eigenvalue weighted by Crippen LogP contribution is 2.38. The van der Waals surface area contributed by atoms with Gasteiger partial charge in [0.1, 0.15) is 5.69 Å². The summed E-state index contributed by atoms with van der Waals surface area (Å²) in [5, 5.41) is 12.2. The number of rotatable bonds is 4. The van der Waals surface area contributed by atoms with Crippen molar-refractivity contribution in [3.8, 4) is 11.3 Å². The lowest BCUT2D eigenvalue weighted by Crippen LogP contribution is -2.48. The molecule has 36 heavy (non-hydrogen) atoms. The molecule has 0 aliphatic carbocycles. The Morgan fingerprint density at radius 2 is 1.94 bits per heavy atom. The molecule has 0 radical (unpaired) electrons. The van der Waals surface area contributed by atoms with E-state index in [0.717, 1.165) is 10.2 Å². The van der Waals surface area contributed by atoms with Gasteiger partial charge in [-0.05, 0) is 30.5 Å². The van der Waals surface area contributed by atoms with Crippen LogP contribution in [0.2, 0.25) is 5.02 Å². The number of hydrogen-bond donors (Lipinski definition) is 3. The molecule has 182 valence electrons. The number of halogens is 1. The molecule has 1 aliphatic heterocycles. The largest absolute Gasteiger partial charge is 0.364 e. The third-order valence-electron chi connectivity index (χ3n) is 6.88. The predicted octanol–water partition coefficient (Wildman–Crippen LogP) is 3.11. The minimum Gasteiger partial charge on any atom is -0.364 e. The summed E-state index contributed by atoms with van der Waals surface area (Å²) < 4.78 is 24.0. The van der Waals surface area contributed by atoms with Crippen molar-refractivity contribution >= 4 is 45.4 Å². The van der Waals surface area contributed by atoms with Crippen molar-refractivity contribution in [1.82, 2.24) is 29.9 Å². The maximum atomic E-state index is 12.6. The van der Waals surface area contributed by atoms with Gasteiger partial charge in [0.15, 0.2) is 5.65 Å². The molecule has 0 bridgehead atoms. The smallest absolute Gasteiger partial charge is 0.268 e. The average molecular weight is 505 g/mol. The molecule has 5 aromatic rings. The van der Waals surface area contributed by atoms with Gasteiger partial charge in [-0.2, -0.15) is 15.2 Å². The van der Waals surface area contributed by atoms with E-state index in [4.69, 9.17) is 27.2 Å². The van der Waals surface area contributed by atoms with Gasteiger partial charge in [0.25, 0.3) is 5.91 Å². The van der Waals surface area contributed by atoms with Crippen LogP contribution in [0.15, 0.2) is 48.7 Å². The minimum absolute atomic E-state index is 0.000690. The highest BCUT2D eigenvalue weighted by molar-refractivity contribution is 6.38. The van der Waals surface area contributed by atoms with Gasteiger partial charge in [0, 0.05) is 40.7 Å². The van der Waals surface area contributed by atoms with Crippen LogP contribution in [0, 0.1) is 0 Å². The number of carbonyl (C=O) groups is 1. The summed E-state index contributed by atoms with van der Waals surface area (Å²) in [4.78, 5) is 23.7. The Balaban J connectivity index is 1.38. The quantitative estimate of drug-likeness (QED) is 0.341. The zero-order valence-electron chi connectivity index (χ0n) is 22.1. The Labute approximate surface area is 215 Å². The molecule has 0 unspecified atom stereocenters. The molecule has 0 spiro atoms. The number of primary amides is 1. The first-order valence-electron chi connectivity index (χ1n) is 12.9. The van der Waals surface area contributed by atoms with E-state index >= 15 is 0 Å². The van der Waals surface area contributed by atoms with Crippen molar-refractivity contribution in [2.24, 2.45) is 18.4 Å². The van der Waals surface area contributed by atoms with Crippen molar-refractivity contribution in [3.63, 3.8) is 0 Å². The van der Waals surface area contributed by atoms with Gasteiger partial charge >= 0.3 is 0 Å². The zero-order valence-corrected chi connectivity index (χ0v) is 19.8. The molecule has 2 aromatic carbocycles. The van der Waals surface area contributed by atoms with E-state index in [9.17, 15) is 4.79 Å². The summed E-state index contributed by atoms with van der Waals surface area (Å²) in [6, 6.07) is 13.2. The van der Waals surface area contributed by atoms with E-state index in [1.165, 1.54) is 6.20 Å². The van der Waals surface area contributed by atoms with E-state index < -0.39 is 18.4 Å². The summed E-state index contributed by atoms with van der Waals surface area (Å²) in [7, 11) is 0. The SMILES string of the molecule is [2H]C([2H])([2H])n1ncc2c(Cl)c(-c3[nH]nc4nc(N5CCC(N)(c6ccccc6)CC5)nc(C(N)=O)c34)ccc21. The van der Waals surface area contributed by atoms with E-state index in [-0.39, 0.29) is 16.4 Å². The highest BCUT2D eigenvalue weighted by Gasteiger charge is 2.34. The van der Waals surface area contributed by atoms with E-state index in [2.05, 4.69) is 25.3 Å². The number of aromatic amines is 1. The number of benzene rings is 2. The number of amides is 1. The Morgan fingerprint density at radius 3 is 2.67 bits per heavy atom. The number of aryl methyl sites for hydroxylation is 1. The zero-order chi connectivity index (χ0) is 27.5. The van der Waals surface area contributed by atoms with E-state index in [1.54, 1.807) is 12.1 Å². The van der Waals surface area contributed by atoms with Crippen molar-refractivity contribution < 1.29 is 8.91 Å². The molecule has 6 rings (SSSR count). The number of piperidine rings is 1. The molecule has 11 heteroatoms. The van der Waals surface area contributed by atoms with Gasteiger partial charge in [-0.25, -0.2) is 4.98 Å². The second-order valence-corrected chi connectivity index (χ2v) is 9.34. The van der Waals surface area contributed by atoms with Crippen LogP contribution < -0.4 is 16.4 Å². The Morgan fingerprint density at radius 1 is 1.17 bits per heavy atom. The molecular weight excluding hydrogens is 478 g/mol. The summed E-state index contributed by atoms with van der Waals surface area (Å²) in [5.41, 5.74) is 14.6. The first kappa shape index (κ1) is 19.2. The first-order chi connectivity index (χ1) is 18.6. The number of nitrogens with two attached hydrogens (primary N) is 2. The molecule has 1 saturated heterocycles. The lowest BCUT2D eigenvalue weighted by Gasteiger charge is -2.39. The first-order valence-corrected chi connectivity index (χ1v) is 11.8. The van der Waals surface area contributed by atoms with Crippen molar-refractivity contribution in [2.45, 2.75) is 18.4 Å². The third kappa shape index (κ3) is 3.49. The third-order valence-corrected chi connectivity index (χ3v) is 7.29. The number of nitrogens with zero attached hydrogens (tertiary/aromatic N) is 6. The lowest BCUT2D eigenvalue weighted by molar-refractivity contribution is 0.0997. The summed E-state index contributed by atoms with van der Waals surface area (Å²) in [6.45, 7) is -1.29. The number of H-pyrrole nitrogens is 1. The van der Waals surface area contributed by atoms with Crippen LogP contribution in [0.5, 0.6) is 0 Å². The van der Waals surface area contributed by atoms with E-state index in [0.29, 0.717) is 59.4 Å². The second kappa shape index (κ2) is 8.28. The van der Waals surface area contributed by atoms with Crippen LogP contribution in [0.25, 0.3) is 33.2 Å². The Bertz CT molecular complexity index is 1720. The Hall–Kier alpha value is -4.02. The summed E-state index contributed by atoms with van der Waals surface area (Å²) in [6.07, 6.45) is 2.74. The summed E-state index contributed by atoms with van der Waals surface area (Å²) in [5.74, 6) is -0.404. The topological polar surface area (TPSA) is 145 Å². The number of aromatic nitrogens is 6. The number of hydrogen-bond acceptors (Lipinski definition) is 7. The molecule has 5 N–H and O–H groups in total. The van der Waals surface area contributed by atoms with Gasteiger partial charge in [0.05, 0.1) is 27.8 Å². The maximum absolute atomic E-state index is 12.6. The Kier molecular flexibility index (Phi) is 4.42. The molecule has 3 aromatic heterocycles. The molecule has 1 aliphatic rings. The molecule has 10 nitrogen and oxygen atoms in total. The van der Waals surface area contributed by atoms with Crippen LogP contribution in [0.4, 0.5) is 5.95 Å². The van der Waals surface area contributed by atoms with Gasteiger partial charge in [0.2, 0.25) is 5.95 Å². The fourth-order valence-electron chi connectivity index (χ4n) is 4.85. The van der Waals surface area contributed by atoms with Gasteiger partial charge in [-0.1, -0.05) is 41.9 Å². The van der Waals surface area contributed by atoms with Crippen molar-refractivity contribution in [3.05, 3.63) is 64.9 Å². The number of carbonyl (C=O) groups excluding carboxylic acids is 1. The molecule has 0 saturated carbocycles. The number of anilines is 1. The van der Waals surface area contributed by atoms with Crippen LogP contribution >= 0.6 is 11.6 Å². The number of nitrogens with one attached hydrogen (secondary N) is 1.